The van der Waals surface area contributed by atoms with Crippen LogP contribution >= 0.6 is 12.2 Å². The van der Waals surface area contributed by atoms with Gasteiger partial charge in [0.1, 0.15) is 11.3 Å². The zero-order chi connectivity index (χ0) is 21.0. The Balaban J connectivity index is 1.65. The van der Waals surface area contributed by atoms with Crippen LogP contribution in [0.5, 0.6) is 5.75 Å². The van der Waals surface area contributed by atoms with E-state index in [1.165, 1.54) is 36.4 Å². The summed E-state index contributed by atoms with van der Waals surface area (Å²) in [5.41, 5.74) is 4.03. The van der Waals surface area contributed by atoms with E-state index in [1.807, 2.05) is 0 Å². The number of nitro benzene ring substituents is 1. The molecule has 0 atom stereocenters. The molecule has 4 N–H and O–H groups in total. The molecule has 2 amide bonds. The van der Waals surface area contributed by atoms with E-state index in [0.717, 1.165) is 10.8 Å². The van der Waals surface area contributed by atoms with Crippen LogP contribution in [0.2, 0.25) is 0 Å². The molecule has 0 fully saturated rings. The highest BCUT2D eigenvalue weighted by Gasteiger charge is 2.20. The molecule has 3 aromatic carbocycles. The molecule has 0 radical (unpaired) electrons. The number of nitro groups is 1. The molecule has 10 heteroatoms. The fourth-order valence-electron chi connectivity index (χ4n) is 2.62. The predicted molar refractivity (Wildman–Crippen MR) is 109 cm³/mol. The highest BCUT2D eigenvalue weighted by Crippen LogP contribution is 2.24. The number of phenolic OH excluding ortho intramolecular Hbond substituents is 1. The molecule has 29 heavy (non-hydrogen) atoms. The van der Waals surface area contributed by atoms with Gasteiger partial charge in [0.25, 0.3) is 17.5 Å². The number of aromatic hydroxyl groups is 1. The number of fused-ring (bicyclic) bond motifs is 1. The number of nitrogens with one attached hydrogen (secondary N) is 3. The Hall–Kier alpha value is -4.05. The summed E-state index contributed by atoms with van der Waals surface area (Å²) in [4.78, 5) is 34.8. The van der Waals surface area contributed by atoms with Crippen molar-refractivity contribution in [1.82, 2.24) is 16.2 Å². The van der Waals surface area contributed by atoms with Crippen molar-refractivity contribution < 1.29 is 19.6 Å². The van der Waals surface area contributed by atoms with Gasteiger partial charge in [0.05, 0.1) is 10.5 Å². The van der Waals surface area contributed by atoms with Crippen LogP contribution in [0.4, 0.5) is 5.69 Å². The number of hydrazine groups is 1. The highest BCUT2D eigenvalue weighted by atomic mass is 32.1. The van der Waals surface area contributed by atoms with Gasteiger partial charge in [-0.3, -0.25) is 35.9 Å². The van der Waals surface area contributed by atoms with Crippen LogP contribution in [-0.2, 0) is 0 Å². The molecule has 0 unspecified atom stereocenters. The van der Waals surface area contributed by atoms with Crippen LogP contribution in [0.25, 0.3) is 10.8 Å². The first-order valence-electron chi connectivity index (χ1n) is 8.23. The molecule has 0 aliphatic rings. The van der Waals surface area contributed by atoms with Gasteiger partial charge in [-0.15, -0.1) is 0 Å². The molecule has 9 nitrogen and oxygen atoms in total. The molecule has 0 heterocycles. The minimum Gasteiger partial charge on any atom is -0.507 e. The second-order valence-electron chi connectivity index (χ2n) is 5.85. The minimum atomic E-state index is -0.808. The van der Waals surface area contributed by atoms with Gasteiger partial charge in [0, 0.05) is 6.07 Å². The van der Waals surface area contributed by atoms with Crippen molar-refractivity contribution in [2.75, 3.05) is 0 Å². The van der Waals surface area contributed by atoms with E-state index >= 15 is 0 Å². The summed E-state index contributed by atoms with van der Waals surface area (Å²) < 4.78 is 0. The maximum atomic E-state index is 12.3. The molecule has 0 spiro atoms. The van der Waals surface area contributed by atoms with Crippen LogP contribution < -0.4 is 16.2 Å². The number of benzene rings is 3. The second kappa shape index (κ2) is 8.31. The summed E-state index contributed by atoms with van der Waals surface area (Å²) in [6.45, 7) is 0. The Morgan fingerprint density at radius 3 is 2.21 bits per heavy atom. The molecule has 0 aromatic heterocycles. The van der Waals surface area contributed by atoms with E-state index in [0.29, 0.717) is 0 Å². The molecule has 146 valence electrons. The van der Waals surface area contributed by atoms with Crippen molar-refractivity contribution in [3.05, 3.63) is 81.9 Å². The SMILES string of the molecule is O=C(NNC(=S)NC(=O)c1ccccc1[N+](=O)[O-])c1cc2ccccc2cc1O. The molecule has 0 aliphatic carbocycles. The summed E-state index contributed by atoms with van der Waals surface area (Å²) in [6, 6.07) is 15.5. The normalized spacial score (nSPS) is 10.2. The van der Waals surface area contributed by atoms with Crippen molar-refractivity contribution in [3.63, 3.8) is 0 Å². The molecule has 0 saturated carbocycles. The third kappa shape index (κ3) is 4.45. The molecule has 0 saturated heterocycles. The Morgan fingerprint density at radius 2 is 1.52 bits per heavy atom. The Bertz CT molecular complexity index is 1150. The molecule has 3 rings (SSSR count). The average molecular weight is 410 g/mol. The number of amides is 2. The van der Waals surface area contributed by atoms with E-state index in [9.17, 15) is 24.8 Å². The highest BCUT2D eigenvalue weighted by molar-refractivity contribution is 7.80. The lowest BCUT2D eigenvalue weighted by Crippen LogP contribution is -2.48. The number of carbonyl (C=O) groups is 2. The molecular formula is C19H14N4O5S. The Labute approximate surface area is 169 Å². The van der Waals surface area contributed by atoms with Gasteiger partial charge >= 0.3 is 0 Å². The number of nitrogens with zero attached hydrogens (tertiary/aromatic N) is 1. The Kier molecular flexibility index (Phi) is 5.65. The van der Waals surface area contributed by atoms with Gasteiger partial charge in [-0.1, -0.05) is 36.4 Å². The summed E-state index contributed by atoms with van der Waals surface area (Å²) in [7, 11) is 0. The summed E-state index contributed by atoms with van der Waals surface area (Å²) >= 11 is 4.93. The minimum absolute atomic E-state index is 0.00373. The van der Waals surface area contributed by atoms with Gasteiger partial charge in [0.2, 0.25) is 0 Å². The van der Waals surface area contributed by atoms with Crippen molar-refractivity contribution in [3.8, 4) is 5.75 Å². The fourth-order valence-corrected chi connectivity index (χ4v) is 2.76. The number of para-hydroxylation sites is 1. The number of hydrogen-bond acceptors (Lipinski definition) is 6. The van der Waals surface area contributed by atoms with Gasteiger partial charge < -0.3 is 5.11 Å². The van der Waals surface area contributed by atoms with Crippen LogP contribution in [0.15, 0.2) is 60.7 Å². The first-order valence-corrected chi connectivity index (χ1v) is 8.64. The van der Waals surface area contributed by atoms with Crippen molar-refractivity contribution in [1.29, 1.82) is 0 Å². The van der Waals surface area contributed by atoms with E-state index in [-0.39, 0.29) is 27.7 Å². The number of phenols is 1. The number of hydrogen-bond donors (Lipinski definition) is 4. The fraction of sp³-hybridized carbons (Fsp3) is 0. The molecule has 0 aliphatic heterocycles. The van der Waals surface area contributed by atoms with Crippen molar-refractivity contribution in [2.24, 2.45) is 0 Å². The van der Waals surface area contributed by atoms with Crippen molar-refractivity contribution in [2.45, 2.75) is 0 Å². The third-order valence-electron chi connectivity index (χ3n) is 3.97. The summed E-state index contributed by atoms with van der Waals surface area (Å²) in [5, 5.41) is 24.6. The van der Waals surface area contributed by atoms with E-state index in [4.69, 9.17) is 12.2 Å². The third-order valence-corrected chi connectivity index (χ3v) is 4.17. The smallest absolute Gasteiger partial charge is 0.282 e. The van der Waals surface area contributed by atoms with Crippen LogP contribution in [-0.4, -0.2) is 27.0 Å². The quantitative estimate of drug-likeness (QED) is 0.296. The molecule has 3 aromatic rings. The molecule has 0 bridgehead atoms. The standard InChI is InChI=1S/C19H14N4O5S/c24-16-10-12-6-2-1-5-11(12)9-14(16)18(26)21-22-19(29)20-17(25)13-7-3-4-8-15(13)23(27)28/h1-10,24H,(H,21,26)(H2,20,22,25,29). The van der Waals surface area contributed by atoms with E-state index in [2.05, 4.69) is 16.2 Å². The predicted octanol–water partition coefficient (Wildman–Crippen LogP) is 2.40. The van der Waals surface area contributed by atoms with Gasteiger partial charge in [0.15, 0.2) is 5.11 Å². The number of thiocarbonyl (C=S) groups is 1. The number of carbonyl (C=O) groups excluding carboxylic acids is 2. The lowest BCUT2D eigenvalue weighted by Gasteiger charge is -2.12. The second-order valence-corrected chi connectivity index (χ2v) is 6.26. The lowest BCUT2D eigenvalue weighted by atomic mass is 10.1. The van der Waals surface area contributed by atoms with Crippen LogP contribution in [0.3, 0.4) is 0 Å². The topological polar surface area (TPSA) is 134 Å². The number of rotatable bonds is 3. The van der Waals surface area contributed by atoms with Gasteiger partial charge in [-0.2, -0.15) is 0 Å². The largest absolute Gasteiger partial charge is 0.507 e. The van der Waals surface area contributed by atoms with Crippen LogP contribution in [0.1, 0.15) is 20.7 Å². The summed E-state index contributed by atoms with van der Waals surface area (Å²) in [5.74, 6) is -1.72. The van der Waals surface area contributed by atoms with Crippen LogP contribution in [0, 0.1) is 10.1 Å². The van der Waals surface area contributed by atoms with Gasteiger partial charge in [-0.25, -0.2) is 0 Å². The maximum absolute atomic E-state index is 12.3. The zero-order valence-electron chi connectivity index (χ0n) is 14.7. The summed E-state index contributed by atoms with van der Waals surface area (Å²) in [6.07, 6.45) is 0. The molecular weight excluding hydrogens is 396 g/mol. The lowest BCUT2D eigenvalue weighted by molar-refractivity contribution is -0.385. The van der Waals surface area contributed by atoms with E-state index < -0.39 is 16.7 Å². The monoisotopic (exact) mass is 410 g/mol. The van der Waals surface area contributed by atoms with E-state index in [1.54, 1.807) is 24.3 Å². The van der Waals surface area contributed by atoms with Gasteiger partial charge in [-0.05, 0) is 41.2 Å². The first kappa shape index (κ1) is 19.7. The maximum Gasteiger partial charge on any atom is 0.282 e. The first-order chi connectivity index (χ1) is 13.9. The van der Waals surface area contributed by atoms with Crippen molar-refractivity contribution >= 4 is 45.6 Å². The Morgan fingerprint density at radius 1 is 0.897 bits per heavy atom. The average Bonchev–Trinajstić information content (AvgIpc) is 2.71. The zero-order valence-corrected chi connectivity index (χ0v) is 15.5.